The average Bonchev–Trinajstić information content (AvgIpc) is 2.04. The van der Waals surface area contributed by atoms with Gasteiger partial charge in [-0.05, 0) is 13.0 Å². The lowest BCUT2D eigenvalue weighted by molar-refractivity contribution is -0.991. The molecular formula is C8H11NO3. The van der Waals surface area contributed by atoms with Crippen molar-refractivity contribution in [1.29, 1.82) is 0 Å². The first-order valence-electron chi connectivity index (χ1n) is 3.53. The Kier molecular flexibility index (Phi) is 2.65. The first-order chi connectivity index (χ1) is 5.66. The quantitative estimate of drug-likeness (QED) is 0.630. The molecule has 0 bridgehead atoms. The molecule has 0 saturated carbocycles. The zero-order valence-electron chi connectivity index (χ0n) is 7.00. The minimum atomic E-state index is -0.925. The molecule has 1 atom stereocenters. The standard InChI is InChI=1S/C8H11NO3/c1-6-7(9(10)11)4-3-5-8(6)12-2/h3-5,9-10H,1-2H3. The molecule has 1 aromatic carbocycles. The maximum absolute atomic E-state index is 10.6. The molecule has 1 unspecified atom stereocenters. The van der Waals surface area contributed by atoms with Crippen molar-refractivity contribution in [1.82, 2.24) is 0 Å². The zero-order chi connectivity index (χ0) is 9.14. The monoisotopic (exact) mass is 169 g/mol. The molecule has 0 heterocycles. The van der Waals surface area contributed by atoms with Crippen molar-refractivity contribution in [2.24, 2.45) is 0 Å². The highest BCUT2D eigenvalue weighted by Gasteiger charge is 2.08. The maximum Gasteiger partial charge on any atom is 0.170 e. The predicted molar refractivity (Wildman–Crippen MR) is 43.5 cm³/mol. The Labute approximate surface area is 70.5 Å². The van der Waals surface area contributed by atoms with Gasteiger partial charge in [-0.15, -0.1) is 0 Å². The Bertz CT molecular complexity index is 273. The number of ether oxygens (including phenoxy) is 1. The first-order valence-corrected chi connectivity index (χ1v) is 3.53. The summed E-state index contributed by atoms with van der Waals surface area (Å²) in [7, 11) is 1.52. The van der Waals surface area contributed by atoms with Gasteiger partial charge in [-0.25, -0.2) is 5.21 Å². The average molecular weight is 169 g/mol. The topological polar surface area (TPSA) is 57.0 Å². The van der Waals surface area contributed by atoms with E-state index in [1.54, 1.807) is 25.1 Å². The van der Waals surface area contributed by atoms with Gasteiger partial charge in [0.2, 0.25) is 0 Å². The third-order valence-electron chi connectivity index (χ3n) is 1.73. The number of nitrogens with one attached hydrogen (secondary N) is 1. The molecule has 66 valence electrons. The Hall–Kier alpha value is -1.10. The predicted octanol–water partition coefficient (Wildman–Crippen LogP) is 0.407. The van der Waals surface area contributed by atoms with Gasteiger partial charge in [0.15, 0.2) is 5.69 Å². The van der Waals surface area contributed by atoms with Crippen LogP contribution < -0.4 is 9.96 Å². The SMILES string of the molecule is COc1cccc([NH+]([O-])O)c1C. The van der Waals surface area contributed by atoms with Gasteiger partial charge in [-0.1, -0.05) is 6.07 Å². The van der Waals surface area contributed by atoms with Crippen molar-refractivity contribution in [3.8, 4) is 5.75 Å². The van der Waals surface area contributed by atoms with Crippen molar-refractivity contribution >= 4 is 5.69 Å². The van der Waals surface area contributed by atoms with E-state index in [2.05, 4.69) is 0 Å². The number of methoxy groups -OCH3 is 1. The van der Waals surface area contributed by atoms with Crippen LogP contribution in [0, 0.1) is 12.1 Å². The number of benzene rings is 1. The summed E-state index contributed by atoms with van der Waals surface area (Å²) >= 11 is 0. The maximum atomic E-state index is 10.6. The van der Waals surface area contributed by atoms with Gasteiger partial charge in [0.25, 0.3) is 0 Å². The third-order valence-corrected chi connectivity index (χ3v) is 1.73. The molecule has 0 spiro atoms. The molecule has 0 aliphatic heterocycles. The van der Waals surface area contributed by atoms with E-state index in [0.717, 1.165) is 0 Å². The van der Waals surface area contributed by atoms with Crippen LogP contribution >= 0.6 is 0 Å². The molecule has 1 aromatic rings. The molecule has 0 saturated heterocycles. The molecule has 0 aliphatic carbocycles. The summed E-state index contributed by atoms with van der Waals surface area (Å²) in [5.74, 6) is 0.606. The number of rotatable bonds is 2. The molecule has 0 aliphatic rings. The molecular weight excluding hydrogens is 158 g/mol. The summed E-state index contributed by atoms with van der Waals surface area (Å²) in [4.78, 5) is 0. The van der Waals surface area contributed by atoms with Crippen molar-refractivity contribution in [3.05, 3.63) is 29.0 Å². The fraction of sp³-hybridized carbons (Fsp3) is 0.250. The summed E-state index contributed by atoms with van der Waals surface area (Å²) in [6, 6.07) is 4.96. The van der Waals surface area contributed by atoms with Gasteiger partial charge in [-0.2, -0.15) is 5.23 Å². The Morgan fingerprint density at radius 3 is 2.67 bits per heavy atom. The highest BCUT2D eigenvalue weighted by Crippen LogP contribution is 2.21. The van der Waals surface area contributed by atoms with Crippen LogP contribution in [0.25, 0.3) is 0 Å². The molecule has 0 fully saturated rings. The normalized spacial score (nSPS) is 12.7. The number of hydrogen-bond acceptors (Lipinski definition) is 3. The molecule has 2 N–H and O–H groups in total. The highest BCUT2D eigenvalue weighted by molar-refractivity contribution is 5.47. The van der Waals surface area contributed by atoms with Crippen LogP contribution in [0.1, 0.15) is 5.56 Å². The minimum Gasteiger partial charge on any atom is -0.595 e. The second kappa shape index (κ2) is 3.53. The van der Waals surface area contributed by atoms with E-state index < -0.39 is 5.23 Å². The smallest absolute Gasteiger partial charge is 0.170 e. The van der Waals surface area contributed by atoms with Crippen LogP contribution in [0.3, 0.4) is 0 Å². The van der Waals surface area contributed by atoms with Gasteiger partial charge in [0.05, 0.1) is 12.7 Å². The second-order valence-corrected chi connectivity index (χ2v) is 2.44. The lowest BCUT2D eigenvalue weighted by Crippen LogP contribution is -2.99. The van der Waals surface area contributed by atoms with Crippen LogP contribution in [0.2, 0.25) is 0 Å². The van der Waals surface area contributed by atoms with Gasteiger partial charge >= 0.3 is 0 Å². The van der Waals surface area contributed by atoms with Crippen molar-refractivity contribution in [2.75, 3.05) is 7.11 Å². The van der Waals surface area contributed by atoms with Gasteiger partial charge < -0.3 is 9.94 Å². The minimum absolute atomic E-state index is 0.286. The fourth-order valence-corrected chi connectivity index (χ4v) is 1.07. The lowest BCUT2D eigenvalue weighted by atomic mass is 10.2. The van der Waals surface area contributed by atoms with E-state index in [1.165, 1.54) is 7.11 Å². The summed E-state index contributed by atoms with van der Waals surface area (Å²) in [5.41, 5.74) is 0.946. The Morgan fingerprint density at radius 2 is 2.17 bits per heavy atom. The van der Waals surface area contributed by atoms with Crippen molar-refractivity contribution in [2.45, 2.75) is 6.92 Å². The van der Waals surface area contributed by atoms with E-state index in [4.69, 9.17) is 9.94 Å². The molecule has 4 nitrogen and oxygen atoms in total. The molecule has 0 amide bonds. The number of quaternary nitrogens is 1. The zero-order valence-corrected chi connectivity index (χ0v) is 7.00. The van der Waals surface area contributed by atoms with Crippen LogP contribution in [-0.2, 0) is 0 Å². The summed E-state index contributed by atoms with van der Waals surface area (Å²) in [6.45, 7) is 1.72. The second-order valence-electron chi connectivity index (χ2n) is 2.44. The van der Waals surface area contributed by atoms with Crippen LogP contribution in [0.15, 0.2) is 18.2 Å². The summed E-state index contributed by atoms with van der Waals surface area (Å²) in [6.07, 6.45) is 0. The largest absolute Gasteiger partial charge is 0.595 e. The van der Waals surface area contributed by atoms with E-state index in [-0.39, 0.29) is 5.69 Å². The molecule has 12 heavy (non-hydrogen) atoms. The third kappa shape index (κ3) is 1.55. The van der Waals surface area contributed by atoms with Gasteiger partial charge in [-0.3, -0.25) is 0 Å². The summed E-state index contributed by atoms with van der Waals surface area (Å²) in [5, 5.41) is 18.4. The van der Waals surface area contributed by atoms with E-state index in [9.17, 15) is 5.21 Å². The van der Waals surface area contributed by atoms with E-state index in [0.29, 0.717) is 11.3 Å². The van der Waals surface area contributed by atoms with Crippen molar-refractivity contribution in [3.63, 3.8) is 0 Å². The highest BCUT2D eigenvalue weighted by atomic mass is 16.8. The van der Waals surface area contributed by atoms with E-state index in [1.807, 2.05) is 0 Å². The van der Waals surface area contributed by atoms with E-state index >= 15 is 0 Å². The Balaban J connectivity index is 3.14. The van der Waals surface area contributed by atoms with Crippen LogP contribution in [-0.4, -0.2) is 12.3 Å². The molecule has 0 radical (unpaired) electrons. The van der Waals surface area contributed by atoms with Crippen LogP contribution in [0.5, 0.6) is 5.75 Å². The Morgan fingerprint density at radius 1 is 1.50 bits per heavy atom. The lowest BCUT2D eigenvalue weighted by Gasteiger charge is -2.15. The van der Waals surface area contributed by atoms with Crippen molar-refractivity contribution < 1.29 is 15.2 Å². The first kappa shape index (κ1) is 8.99. The van der Waals surface area contributed by atoms with Gasteiger partial charge in [0, 0.05) is 6.07 Å². The molecule has 4 heteroatoms. The molecule has 0 aromatic heterocycles. The molecule has 1 rings (SSSR count). The van der Waals surface area contributed by atoms with Crippen LogP contribution in [0.4, 0.5) is 5.69 Å². The number of hydrogen-bond donors (Lipinski definition) is 2. The summed E-state index contributed by atoms with van der Waals surface area (Å²) < 4.78 is 4.97. The fourth-order valence-electron chi connectivity index (χ4n) is 1.07. The van der Waals surface area contributed by atoms with Gasteiger partial charge in [0.1, 0.15) is 5.75 Å².